The van der Waals surface area contributed by atoms with E-state index in [-0.39, 0.29) is 23.4 Å². The molecule has 1 fully saturated rings. The van der Waals surface area contributed by atoms with E-state index in [9.17, 15) is 14.7 Å². The molecule has 8 heteroatoms. The number of aliphatic hydroxyl groups excluding tert-OH is 1. The summed E-state index contributed by atoms with van der Waals surface area (Å²) >= 11 is 6.12. The molecule has 33 heavy (non-hydrogen) atoms. The van der Waals surface area contributed by atoms with Crippen LogP contribution in [0.5, 0.6) is 11.5 Å². The smallest absolute Gasteiger partial charge is 0.296 e. The molecule has 1 aromatic heterocycles. The van der Waals surface area contributed by atoms with Crippen LogP contribution in [-0.2, 0) is 16.1 Å². The second-order valence-corrected chi connectivity index (χ2v) is 7.80. The van der Waals surface area contributed by atoms with Gasteiger partial charge in [0.25, 0.3) is 11.7 Å². The lowest BCUT2D eigenvalue weighted by atomic mass is 9.98. The lowest BCUT2D eigenvalue weighted by molar-refractivity contribution is -0.140. The number of ether oxygens (including phenoxy) is 2. The number of carbonyl (C=O) groups is 2. The van der Waals surface area contributed by atoms with Crippen molar-refractivity contribution in [2.45, 2.75) is 19.5 Å². The molecule has 1 aliphatic heterocycles. The molecule has 2 aromatic carbocycles. The first-order valence-electron chi connectivity index (χ1n) is 10.3. The Kier molecular flexibility index (Phi) is 6.42. The summed E-state index contributed by atoms with van der Waals surface area (Å²) in [6.45, 7) is 2.49. The summed E-state index contributed by atoms with van der Waals surface area (Å²) in [5, 5.41) is 11.5. The molecule has 1 unspecified atom stereocenters. The first-order valence-corrected chi connectivity index (χ1v) is 10.7. The molecule has 1 saturated heterocycles. The number of carbonyl (C=O) groups excluding carboxylic acids is 2. The summed E-state index contributed by atoms with van der Waals surface area (Å²) in [5.74, 6) is -0.648. The molecule has 170 valence electrons. The molecule has 0 aliphatic carbocycles. The Labute approximate surface area is 195 Å². The van der Waals surface area contributed by atoms with E-state index < -0.39 is 17.7 Å². The minimum atomic E-state index is -0.931. The predicted molar refractivity (Wildman–Crippen MR) is 122 cm³/mol. The molecule has 2 heterocycles. The third kappa shape index (κ3) is 4.32. The molecular formula is C25H22ClNO6. The van der Waals surface area contributed by atoms with Crippen LogP contribution in [0.25, 0.3) is 5.76 Å². The Bertz CT molecular complexity index is 1220. The molecule has 1 atom stereocenters. The van der Waals surface area contributed by atoms with E-state index in [2.05, 4.69) is 0 Å². The number of amides is 1. The summed E-state index contributed by atoms with van der Waals surface area (Å²) in [6.07, 6.45) is 1.45. The summed E-state index contributed by atoms with van der Waals surface area (Å²) in [7, 11) is 1.44. The third-order valence-electron chi connectivity index (χ3n) is 5.33. The molecule has 1 aliphatic rings. The standard InChI is InChI=1S/C25H22ClNO6/c1-3-32-17-7-4-6-15(12-17)14-27-22(20-8-5-11-33-20)21(24(29)25(27)30)23(28)18-13-16(26)9-10-19(18)31-2/h4-13,22,28H,3,14H2,1-2H3/b23-21-. The topological polar surface area (TPSA) is 89.2 Å². The number of hydrogen-bond donors (Lipinski definition) is 1. The van der Waals surface area contributed by atoms with Crippen LogP contribution in [-0.4, -0.2) is 35.4 Å². The predicted octanol–water partition coefficient (Wildman–Crippen LogP) is 4.96. The Morgan fingerprint density at radius 2 is 1.97 bits per heavy atom. The van der Waals surface area contributed by atoms with Gasteiger partial charge in [0, 0.05) is 11.6 Å². The fourth-order valence-electron chi connectivity index (χ4n) is 3.89. The van der Waals surface area contributed by atoms with E-state index in [0.29, 0.717) is 28.9 Å². The van der Waals surface area contributed by atoms with Gasteiger partial charge in [-0.25, -0.2) is 0 Å². The van der Waals surface area contributed by atoms with Crippen molar-refractivity contribution in [2.24, 2.45) is 0 Å². The maximum absolute atomic E-state index is 13.1. The number of likely N-dealkylation sites (tertiary alicyclic amines) is 1. The zero-order valence-corrected chi connectivity index (χ0v) is 18.8. The fraction of sp³-hybridized carbons (Fsp3) is 0.200. The van der Waals surface area contributed by atoms with Crippen LogP contribution in [0, 0.1) is 0 Å². The highest BCUT2D eigenvalue weighted by Gasteiger charge is 2.47. The van der Waals surface area contributed by atoms with Crippen LogP contribution in [0.1, 0.15) is 29.9 Å². The summed E-state index contributed by atoms with van der Waals surface area (Å²) in [6, 6.07) is 14.3. The average Bonchev–Trinajstić information content (AvgIpc) is 3.42. The van der Waals surface area contributed by atoms with Crippen molar-refractivity contribution < 1.29 is 28.6 Å². The maximum atomic E-state index is 13.1. The van der Waals surface area contributed by atoms with Gasteiger partial charge < -0.3 is 23.9 Å². The third-order valence-corrected chi connectivity index (χ3v) is 5.57. The van der Waals surface area contributed by atoms with Crippen molar-refractivity contribution in [3.05, 3.63) is 88.3 Å². The highest BCUT2D eigenvalue weighted by molar-refractivity contribution is 6.46. The number of methoxy groups -OCH3 is 1. The molecule has 7 nitrogen and oxygen atoms in total. The average molecular weight is 468 g/mol. The Morgan fingerprint density at radius 1 is 1.15 bits per heavy atom. The number of ketones is 1. The molecule has 1 amide bonds. The van der Waals surface area contributed by atoms with Gasteiger partial charge in [-0.1, -0.05) is 23.7 Å². The van der Waals surface area contributed by atoms with Crippen LogP contribution in [0.2, 0.25) is 5.02 Å². The summed E-state index contributed by atoms with van der Waals surface area (Å²) in [5.41, 5.74) is 0.870. The van der Waals surface area contributed by atoms with Gasteiger partial charge in [0.15, 0.2) is 0 Å². The van der Waals surface area contributed by atoms with Crippen molar-refractivity contribution in [3.63, 3.8) is 0 Å². The number of furan rings is 1. The van der Waals surface area contributed by atoms with Crippen LogP contribution < -0.4 is 9.47 Å². The van der Waals surface area contributed by atoms with Crippen molar-refractivity contribution in [1.82, 2.24) is 4.90 Å². The molecule has 0 radical (unpaired) electrons. The van der Waals surface area contributed by atoms with E-state index in [0.717, 1.165) is 5.56 Å². The SMILES string of the molecule is CCOc1cccc(CN2C(=O)C(=O)/C(=C(\O)c3cc(Cl)ccc3OC)C2c2ccco2)c1. The van der Waals surface area contributed by atoms with Crippen molar-refractivity contribution in [1.29, 1.82) is 0 Å². The minimum Gasteiger partial charge on any atom is -0.507 e. The van der Waals surface area contributed by atoms with E-state index >= 15 is 0 Å². The number of benzene rings is 2. The number of Topliss-reactive ketones (excluding diaryl/α,β-unsaturated/α-hetero) is 1. The second kappa shape index (κ2) is 9.42. The van der Waals surface area contributed by atoms with Crippen molar-refractivity contribution in [2.75, 3.05) is 13.7 Å². The molecule has 1 N–H and O–H groups in total. The monoisotopic (exact) mass is 467 g/mol. The van der Waals surface area contributed by atoms with Crippen LogP contribution >= 0.6 is 11.6 Å². The zero-order chi connectivity index (χ0) is 23.5. The molecule has 0 saturated carbocycles. The normalized spacial score (nSPS) is 17.4. The van der Waals surface area contributed by atoms with E-state index in [1.807, 2.05) is 31.2 Å². The van der Waals surface area contributed by atoms with Crippen molar-refractivity contribution >= 4 is 29.1 Å². The number of hydrogen-bond acceptors (Lipinski definition) is 6. The van der Waals surface area contributed by atoms with Gasteiger partial charge in [-0.3, -0.25) is 9.59 Å². The lowest BCUT2D eigenvalue weighted by Gasteiger charge is -2.23. The van der Waals surface area contributed by atoms with Gasteiger partial charge in [-0.2, -0.15) is 0 Å². The Morgan fingerprint density at radius 3 is 2.67 bits per heavy atom. The first kappa shape index (κ1) is 22.5. The lowest BCUT2D eigenvalue weighted by Crippen LogP contribution is -2.29. The van der Waals surface area contributed by atoms with Gasteiger partial charge >= 0.3 is 0 Å². The highest BCUT2D eigenvalue weighted by atomic mass is 35.5. The highest BCUT2D eigenvalue weighted by Crippen LogP contribution is 2.42. The van der Waals surface area contributed by atoms with Gasteiger partial charge in [0.1, 0.15) is 29.1 Å². The van der Waals surface area contributed by atoms with Gasteiger partial charge in [0.05, 0.1) is 31.1 Å². The molecular weight excluding hydrogens is 446 g/mol. The van der Waals surface area contributed by atoms with E-state index in [1.165, 1.54) is 24.3 Å². The van der Waals surface area contributed by atoms with Crippen LogP contribution in [0.4, 0.5) is 0 Å². The Hall–Kier alpha value is -3.71. The number of halogens is 1. The van der Waals surface area contributed by atoms with Crippen molar-refractivity contribution in [3.8, 4) is 11.5 Å². The number of rotatable bonds is 7. The molecule has 0 spiro atoms. The van der Waals surface area contributed by atoms with Gasteiger partial charge in [0.2, 0.25) is 0 Å². The molecule has 0 bridgehead atoms. The minimum absolute atomic E-state index is 0.100. The zero-order valence-electron chi connectivity index (χ0n) is 18.1. The molecule has 4 rings (SSSR count). The largest absolute Gasteiger partial charge is 0.507 e. The first-order chi connectivity index (χ1) is 15.9. The molecule has 3 aromatic rings. The summed E-state index contributed by atoms with van der Waals surface area (Å²) < 4.78 is 16.4. The van der Waals surface area contributed by atoms with Crippen LogP contribution in [0.3, 0.4) is 0 Å². The fourth-order valence-corrected chi connectivity index (χ4v) is 4.07. The van der Waals surface area contributed by atoms with E-state index in [1.54, 1.807) is 24.3 Å². The Balaban J connectivity index is 1.83. The van der Waals surface area contributed by atoms with E-state index in [4.69, 9.17) is 25.5 Å². The maximum Gasteiger partial charge on any atom is 0.296 e. The van der Waals surface area contributed by atoms with Gasteiger partial charge in [-0.05, 0) is 55.0 Å². The number of nitrogens with zero attached hydrogens (tertiary/aromatic N) is 1. The quantitative estimate of drug-likeness (QED) is 0.300. The van der Waals surface area contributed by atoms with Crippen LogP contribution in [0.15, 0.2) is 70.9 Å². The second-order valence-electron chi connectivity index (χ2n) is 7.37. The summed E-state index contributed by atoms with van der Waals surface area (Å²) in [4.78, 5) is 27.6. The number of aliphatic hydroxyl groups is 1. The van der Waals surface area contributed by atoms with Gasteiger partial charge in [-0.15, -0.1) is 0 Å².